The predicted molar refractivity (Wildman–Crippen MR) is 148 cm³/mol. The van der Waals surface area contributed by atoms with Gasteiger partial charge in [0.1, 0.15) is 0 Å². The summed E-state index contributed by atoms with van der Waals surface area (Å²) in [6.45, 7) is 0. The van der Waals surface area contributed by atoms with Gasteiger partial charge < -0.3 is 0 Å². The van der Waals surface area contributed by atoms with Crippen LogP contribution in [0.5, 0.6) is 0 Å². The van der Waals surface area contributed by atoms with Gasteiger partial charge in [-0.25, -0.2) is 0 Å². The molecule has 0 unspecified atom stereocenters. The third kappa shape index (κ3) is 3.74. The molecule has 0 atom stereocenters. The monoisotopic (exact) mass is 491 g/mol. The van der Waals surface area contributed by atoms with Crippen LogP contribution in [0.25, 0.3) is 11.8 Å². The molecule has 4 bridgehead atoms. The number of nitrogens with zero attached hydrogens (tertiary/aromatic N) is 1. The van der Waals surface area contributed by atoms with Crippen molar-refractivity contribution in [2.24, 2.45) is 17.8 Å². The molecule has 5 aliphatic rings. The van der Waals surface area contributed by atoms with Gasteiger partial charge in [-0.1, -0.05) is 66.2 Å². The zero-order valence-corrected chi connectivity index (χ0v) is 21.1. The van der Waals surface area contributed by atoms with Gasteiger partial charge in [0.2, 0.25) is 0 Å². The van der Waals surface area contributed by atoms with Crippen molar-refractivity contribution in [3.05, 3.63) is 112 Å². The molecule has 4 saturated carbocycles. The molecule has 36 heavy (non-hydrogen) atoms. The Morgan fingerprint density at radius 1 is 0.778 bits per heavy atom. The maximum Gasteiger partial charge on any atom is 0.262 e. The Morgan fingerprint density at radius 2 is 1.39 bits per heavy atom. The fourth-order valence-corrected chi connectivity index (χ4v) is 7.99. The number of amides is 1. The molecule has 3 heteroatoms. The van der Waals surface area contributed by atoms with Crippen molar-refractivity contribution in [3.63, 3.8) is 0 Å². The van der Waals surface area contributed by atoms with Crippen LogP contribution in [0.15, 0.2) is 90.5 Å². The zero-order valence-electron chi connectivity index (χ0n) is 20.4. The van der Waals surface area contributed by atoms with Crippen LogP contribution < -0.4 is 4.90 Å². The molecule has 4 fully saturated rings. The minimum atomic E-state index is 0.00589. The first-order chi connectivity index (χ1) is 17.6. The van der Waals surface area contributed by atoms with Gasteiger partial charge >= 0.3 is 0 Å². The highest BCUT2D eigenvalue weighted by Crippen LogP contribution is 2.60. The summed E-state index contributed by atoms with van der Waals surface area (Å²) < 4.78 is 0. The first-order valence-corrected chi connectivity index (χ1v) is 13.6. The van der Waals surface area contributed by atoms with Crippen molar-refractivity contribution >= 4 is 35.0 Å². The van der Waals surface area contributed by atoms with E-state index < -0.39 is 0 Å². The lowest BCUT2D eigenvalue weighted by Gasteiger charge is -2.57. The Morgan fingerprint density at radius 3 is 2.00 bits per heavy atom. The van der Waals surface area contributed by atoms with Gasteiger partial charge in [0.15, 0.2) is 0 Å². The second-order valence-corrected chi connectivity index (χ2v) is 11.9. The molecule has 8 rings (SSSR count). The van der Waals surface area contributed by atoms with Crippen LogP contribution in [0.3, 0.4) is 0 Å². The summed E-state index contributed by atoms with van der Waals surface area (Å²) in [6.07, 6.45) is 12.4. The van der Waals surface area contributed by atoms with Crippen molar-refractivity contribution < 1.29 is 4.79 Å². The van der Waals surface area contributed by atoms with Gasteiger partial charge in [0.25, 0.3) is 5.91 Å². The molecular formula is C33H30ClNO. The summed E-state index contributed by atoms with van der Waals surface area (Å²) in [5, 5.41) is 0.690. The highest BCUT2D eigenvalue weighted by atomic mass is 35.5. The molecule has 3 aromatic rings. The molecule has 0 N–H and O–H groups in total. The van der Waals surface area contributed by atoms with Crippen molar-refractivity contribution in [1.82, 2.24) is 0 Å². The molecule has 1 heterocycles. The molecule has 4 aliphatic carbocycles. The fourth-order valence-electron chi connectivity index (χ4n) is 7.86. The minimum Gasteiger partial charge on any atom is -0.276 e. The van der Waals surface area contributed by atoms with Gasteiger partial charge in [0.05, 0.1) is 5.70 Å². The van der Waals surface area contributed by atoms with E-state index in [4.69, 9.17) is 11.6 Å². The largest absolute Gasteiger partial charge is 0.276 e. The topological polar surface area (TPSA) is 20.3 Å². The number of rotatable bonds is 4. The first kappa shape index (κ1) is 22.1. The van der Waals surface area contributed by atoms with Gasteiger partial charge in [0, 0.05) is 16.3 Å². The van der Waals surface area contributed by atoms with Crippen LogP contribution in [0, 0.1) is 17.8 Å². The SMILES string of the molecule is O=C1/C(=C\c2ccccc2)C=C(c2ccc(Cl)cc2)N1c1ccc(C23CC4CC(CC(C4)C2)C3)cc1. The third-order valence-corrected chi connectivity index (χ3v) is 9.27. The fraction of sp³-hybridized carbons (Fsp3) is 0.303. The van der Waals surface area contributed by atoms with E-state index in [1.54, 1.807) is 0 Å². The summed E-state index contributed by atoms with van der Waals surface area (Å²) in [5.74, 6) is 2.76. The lowest BCUT2D eigenvalue weighted by molar-refractivity contribution is -0.113. The minimum absolute atomic E-state index is 0.00589. The lowest BCUT2D eigenvalue weighted by Crippen LogP contribution is -2.48. The number of hydrogen-bond acceptors (Lipinski definition) is 1. The standard InChI is InChI=1S/C33H30ClNO/c34-29-10-6-26(7-11-29)31-18-27(17-22-4-2-1-3-5-22)32(36)35(31)30-12-8-28(9-13-30)33-19-23-14-24(20-33)16-25(15-23)21-33/h1-13,17-18,23-25H,14-16,19-21H2/b27-17-. The van der Waals surface area contributed by atoms with Crippen LogP contribution >= 0.6 is 11.6 Å². The molecule has 0 saturated heterocycles. The van der Waals surface area contributed by atoms with Gasteiger partial charge in [-0.2, -0.15) is 0 Å². The van der Waals surface area contributed by atoms with Crippen LogP contribution in [-0.2, 0) is 10.2 Å². The molecule has 1 aliphatic heterocycles. The zero-order chi connectivity index (χ0) is 24.3. The summed E-state index contributed by atoms with van der Waals surface area (Å²) in [5.41, 5.74) is 6.34. The highest BCUT2D eigenvalue weighted by molar-refractivity contribution is 6.30. The molecule has 180 valence electrons. The second kappa shape index (κ2) is 8.49. The van der Waals surface area contributed by atoms with Crippen molar-refractivity contribution in [3.8, 4) is 0 Å². The number of anilines is 1. The summed E-state index contributed by atoms with van der Waals surface area (Å²) in [7, 11) is 0. The average Bonchev–Trinajstić information content (AvgIpc) is 3.20. The predicted octanol–water partition coefficient (Wildman–Crippen LogP) is 8.28. The van der Waals surface area contributed by atoms with Crippen LogP contribution in [0.4, 0.5) is 5.69 Å². The van der Waals surface area contributed by atoms with Gasteiger partial charge in [-0.3, -0.25) is 9.69 Å². The van der Waals surface area contributed by atoms with Gasteiger partial charge in [-0.15, -0.1) is 0 Å². The lowest BCUT2D eigenvalue weighted by atomic mass is 9.48. The van der Waals surface area contributed by atoms with Crippen LogP contribution in [0.2, 0.25) is 5.02 Å². The normalized spacial score (nSPS) is 29.8. The van der Waals surface area contributed by atoms with E-state index in [9.17, 15) is 4.79 Å². The maximum atomic E-state index is 13.7. The molecule has 3 aromatic carbocycles. The smallest absolute Gasteiger partial charge is 0.262 e. The van der Waals surface area contributed by atoms with E-state index in [0.29, 0.717) is 16.0 Å². The molecule has 0 radical (unpaired) electrons. The summed E-state index contributed by atoms with van der Waals surface area (Å²) >= 11 is 6.17. The Hall–Kier alpha value is -3.10. The maximum absolute atomic E-state index is 13.7. The van der Waals surface area contributed by atoms with E-state index in [0.717, 1.165) is 40.3 Å². The van der Waals surface area contributed by atoms with E-state index >= 15 is 0 Å². The Labute approximate surface area is 218 Å². The number of carbonyl (C=O) groups excluding carboxylic acids is 1. The number of hydrogen-bond donors (Lipinski definition) is 0. The first-order valence-electron chi connectivity index (χ1n) is 13.3. The summed E-state index contributed by atoms with van der Waals surface area (Å²) in [4.78, 5) is 15.6. The Balaban J connectivity index is 1.25. The van der Waals surface area contributed by atoms with Gasteiger partial charge in [-0.05, 0) is 115 Å². The van der Waals surface area contributed by atoms with Crippen LogP contribution in [-0.4, -0.2) is 5.91 Å². The Bertz CT molecular complexity index is 1330. The van der Waals surface area contributed by atoms with Crippen molar-refractivity contribution in [1.29, 1.82) is 0 Å². The second-order valence-electron chi connectivity index (χ2n) is 11.4. The van der Waals surface area contributed by atoms with Crippen LogP contribution in [0.1, 0.15) is 55.2 Å². The number of benzene rings is 3. The quantitative estimate of drug-likeness (QED) is 0.336. The molecular weight excluding hydrogens is 462 g/mol. The molecule has 0 spiro atoms. The van der Waals surface area contributed by atoms with Crippen molar-refractivity contribution in [2.45, 2.75) is 43.9 Å². The highest BCUT2D eigenvalue weighted by Gasteiger charge is 2.51. The van der Waals surface area contributed by atoms with Crippen molar-refractivity contribution in [2.75, 3.05) is 4.90 Å². The van der Waals surface area contributed by atoms with E-state index in [-0.39, 0.29) is 5.91 Å². The number of carbonyl (C=O) groups is 1. The third-order valence-electron chi connectivity index (χ3n) is 9.02. The van der Waals surface area contributed by atoms with E-state index in [1.165, 1.54) is 44.1 Å². The van der Waals surface area contributed by atoms with E-state index in [2.05, 4.69) is 24.3 Å². The molecule has 0 aromatic heterocycles. The summed E-state index contributed by atoms with van der Waals surface area (Å²) in [6, 6.07) is 26.7. The Kier molecular flexibility index (Phi) is 5.22. The molecule has 1 amide bonds. The average molecular weight is 492 g/mol. The molecule has 2 nitrogen and oxygen atoms in total. The number of halogens is 1. The van der Waals surface area contributed by atoms with E-state index in [1.807, 2.05) is 71.6 Å².